The number of hydrogen-bond donors (Lipinski definition) is 1. The van der Waals surface area contributed by atoms with E-state index in [-0.39, 0.29) is 30.2 Å². The fourth-order valence-electron chi connectivity index (χ4n) is 4.80. The first-order valence-corrected chi connectivity index (χ1v) is 13.0. The van der Waals surface area contributed by atoms with Gasteiger partial charge in [-0.25, -0.2) is 0 Å². The second kappa shape index (κ2) is 11.4. The molecule has 1 atom stereocenters. The van der Waals surface area contributed by atoms with Crippen LogP contribution in [0.4, 0.5) is 5.69 Å². The van der Waals surface area contributed by atoms with Gasteiger partial charge < -0.3 is 9.73 Å². The number of furan rings is 1. The number of nitrogens with zero attached hydrogens (tertiary/aromatic N) is 6. The second-order valence-corrected chi connectivity index (χ2v) is 9.51. The van der Waals surface area contributed by atoms with Gasteiger partial charge in [-0.3, -0.25) is 19.5 Å². The molecule has 4 aromatic rings. The van der Waals surface area contributed by atoms with Crippen LogP contribution >= 0.6 is 0 Å². The first-order valence-electron chi connectivity index (χ1n) is 13.0. The third-order valence-electron chi connectivity index (χ3n) is 6.81. The summed E-state index contributed by atoms with van der Waals surface area (Å²) in [5.74, 6) is 0.905. The fraction of sp³-hybridized carbons (Fsp3) is 0.357. The highest BCUT2D eigenvalue weighted by Gasteiger charge is 2.34. The maximum atomic E-state index is 14.0. The van der Waals surface area contributed by atoms with Crippen molar-refractivity contribution in [3.63, 3.8) is 0 Å². The Morgan fingerprint density at radius 1 is 1.08 bits per heavy atom. The van der Waals surface area contributed by atoms with Gasteiger partial charge in [0, 0.05) is 24.1 Å². The van der Waals surface area contributed by atoms with Gasteiger partial charge in [-0.2, -0.15) is 4.80 Å². The van der Waals surface area contributed by atoms with E-state index in [9.17, 15) is 9.59 Å². The van der Waals surface area contributed by atoms with Crippen molar-refractivity contribution in [2.24, 2.45) is 0 Å². The van der Waals surface area contributed by atoms with Gasteiger partial charge >= 0.3 is 0 Å². The van der Waals surface area contributed by atoms with Crippen molar-refractivity contribution in [2.45, 2.75) is 64.6 Å². The summed E-state index contributed by atoms with van der Waals surface area (Å²) in [7, 11) is 0. The van der Waals surface area contributed by atoms with Gasteiger partial charge in [0.2, 0.25) is 11.7 Å². The maximum Gasteiger partial charge on any atom is 0.251 e. The van der Waals surface area contributed by atoms with Crippen LogP contribution in [0.3, 0.4) is 0 Å². The Morgan fingerprint density at radius 2 is 1.82 bits per heavy atom. The molecule has 38 heavy (non-hydrogen) atoms. The van der Waals surface area contributed by atoms with E-state index >= 15 is 0 Å². The largest absolute Gasteiger partial charge is 0.458 e. The molecule has 0 saturated heterocycles. The first-order chi connectivity index (χ1) is 18.5. The molecular formula is C28H31N7O3. The molecule has 1 N–H and O–H groups in total. The van der Waals surface area contributed by atoms with Gasteiger partial charge in [-0.1, -0.05) is 31.9 Å². The third-order valence-corrected chi connectivity index (χ3v) is 6.81. The molecule has 1 saturated carbocycles. The van der Waals surface area contributed by atoms with Crippen LogP contribution in [0.2, 0.25) is 0 Å². The van der Waals surface area contributed by atoms with Gasteiger partial charge in [-0.15, -0.1) is 10.2 Å². The molecule has 0 spiro atoms. The molecule has 2 amide bonds. The van der Waals surface area contributed by atoms with E-state index in [0.29, 0.717) is 17.0 Å². The minimum atomic E-state index is -0.894. The Kier molecular flexibility index (Phi) is 7.57. The van der Waals surface area contributed by atoms with Crippen LogP contribution in [0.1, 0.15) is 55.5 Å². The van der Waals surface area contributed by atoms with Crippen molar-refractivity contribution < 1.29 is 14.0 Å². The lowest BCUT2D eigenvalue weighted by molar-refractivity contribution is -0.127. The summed E-state index contributed by atoms with van der Waals surface area (Å²) in [6, 6.07) is 14.0. The summed E-state index contributed by atoms with van der Waals surface area (Å²) in [5.41, 5.74) is 2.41. The highest BCUT2D eigenvalue weighted by molar-refractivity contribution is 6.01. The third kappa shape index (κ3) is 5.64. The maximum absolute atomic E-state index is 14.0. The zero-order chi connectivity index (χ0) is 26.5. The molecule has 1 aliphatic rings. The average molecular weight is 514 g/mol. The summed E-state index contributed by atoms with van der Waals surface area (Å²) in [4.78, 5) is 34.6. The van der Waals surface area contributed by atoms with Crippen molar-refractivity contribution in [1.29, 1.82) is 0 Å². The molecule has 196 valence electrons. The number of aromatic nitrogens is 5. The van der Waals surface area contributed by atoms with Gasteiger partial charge in [0.05, 0.1) is 0 Å². The lowest BCUT2D eigenvalue weighted by Gasteiger charge is -2.32. The van der Waals surface area contributed by atoms with Crippen LogP contribution in [0.25, 0.3) is 11.6 Å². The van der Waals surface area contributed by atoms with Gasteiger partial charge in [0.1, 0.15) is 18.3 Å². The number of carbonyl (C=O) groups excluding carboxylic acids is 2. The molecule has 0 radical (unpaired) electrons. The topological polar surface area (TPSA) is 119 Å². The number of rotatable bonds is 9. The Morgan fingerprint density at radius 3 is 2.47 bits per heavy atom. The number of pyridine rings is 1. The van der Waals surface area contributed by atoms with Crippen molar-refractivity contribution in [2.75, 3.05) is 4.90 Å². The minimum Gasteiger partial charge on any atom is -0.458 e. The number of amides is 2. The normalized spacial score (nSPS) is 14.4. The molecule has 10 nitrogen and oxygen atoms in total. The van der Waals surface area contributed by atoms with E-state index in [0.717, 1.165) is 43.4 Å². The van der Waals surface area contributed by atoms with Crippen LogP contribution in [0.15, 0.2) is 65.3 Å². The van der Waals surface area contributed by atoms with E-state index in [1.807, 2.05) is 37.3 Å². The summed E-state index contributed by atoms with van der Waals surface area (Å²) in [6.45, 7) is 3.69. The van der Waals surface area contributed by atoms with Crippen LogP contribution in [-0.2, 0) is 22.6 Å². The number of carbonyl (C=O) groups is 2. The van der Waals surface area contributed by atoms with Gasteiger partial charge in [0.15, 0.2) is 5.76 Å². The first kappa shape index (κ1) is 25.3. The molecule has 0 bridgehead atoms. The van der Waals surface area contributed by atoms with Crippen molar-refractivity contribution >= 4 is 17.5 Å². The second-order valence-electron chi connectivity index (χ2n) is 9.51. The number of anilines is 1. The van der Waals surface area contributed by atoms with Crippen molar-refractivity contribution in [1.82, 2.24) is 30.5 Å². The number of tetrazole rings is 1. The Bertz CT molecular complexity index is 1370. The number of nitrogens with one attached hydrogen (secondary N) is 1. The minimum absolute atomic E-state index is 0.0996. The van der Waals surface area contributed by atoms with E-state index in [1.54, 1.807) is 30.6 Å². The quantitative estimate of drug-likeness (QED) is 0.359. The Balaban J connectivity index is 1.49. The summed E-state index contributed by atoms with van der Waals surface area (Å²) >= 11 is 0. The zero-order valence-corrected chi connectivity index (χ0v) is 21.6. The Labute approximate surface area is 221 Å². The van der Waals surface area contributed by atoms with Crippen LogP contribution in [0, 0.1) is 6.92 Å². The molecule has 1 aliphatic carbocycles. The summed E-state index contributed by atoms with van der Waals surface area (Å²) in [6.07, 6.45) is 8.16. The molecule has 3 aromatic heterocycles. The lowest BCUT2D eigenvalue weighted by Crippen LogP contribution is -2.47. The summed E-state index contributed by atoms with van der Waals surface area (Å²) in [5, 5.41) is 15.6. The van der Waals surface area contributed by atoms with Crippen molar-refractivity contribution in [3.05, 3.63) is 77.8 Å². The SMILES string of the molecule is CCc1ccc(N(C(=O)Cn2nnc(-c3ccc(C)o3)n2)[C@@H](C(=O)NC2CCCC2)c2ccncc2)cc1. The van der Waals surface area contributed by atoms with E-state index in [1.165, 1.54) is 9.70 Å². The predicted octanol–water partition coefficient (Wildman–Crippen LogP) is 4.03. The molecule has 0 unspecified atom stereocenters. The highest BCUT2D eigenvalue weighted by atomic mass is 16.3. The molecule has 10 heteroatoms. The molecule has 1 fully saturated rings. The van der Waals surface area contributed by atoms with Crippen molar-refractivity contribution in [3.8, 4) is 11.6 Å². The van der Waals surface area contributed by atoms with Gasteiger partial charge in [0.25, 0.3) is 5.91 Å². The highest BCUT2D eigenvalue weighted by Crippen LogP contribution is 2.30. The van der Waals surface area contributed by atoms with Crippen LogP contribution in [0.5, 0.6) is 0 Å². The van der Waals surface area contributed by atoms with Crippen LogP contribution < -0.4 is 10.2 Å². The van der Waals surface area contributed by atoms with E-state index in [2.05, 4.69) is 32.6 Å². The molecular weight excluding hydrogens is 482 g/mol. The smallest absolute Gasteiger partial charge is 0.251 e. The zero-order valence-electron chi connectivity index (χ0n) is 21.6. The number of benzene rings is 1. The number of aryl methyl sites for hydroxylation is 2. The lowest BCUT2D eigenvalue weighted by atomic mass is 10.0. The van der Waals surface area contributed by atoms with E-state index in [4.69, 9.17) is 4.42 Å². The molecule has 1 aromatic carbocycles. The Hall–Kier alpha value is -4.34. The van der Waals surface area contributed by atoms with E-state index < -0.39 is 6.04 Å². The van der Waals surface area contributed by atoms with Gasteiger partial charge in [-0.05, 0) is 78.9 Å². The molecule has 3 heterocycles. The summed E-state index contributed by atoms with van der Waals surface area (Å²) < 4.78 is 5.58. The monoisotopic (exact) mass is 513 g/mol. The standard InChI is InChI=1S/C28H31N7O3/c1-3-20-9-11-23(12-10-20)35(25(36)18-34-32-27(31-33-34)24-13-8-19(2)38-24)26(21-14-16-29-17-15-21)28(37)30-22-6-4-5-7-22/h8-17,22,26H,3-7,18H2,1-2H3,(H,30,37)/t26-/m1/s1. The number of hydrogen-bond acceptors (Lipinski definition) is 7. The predicted molar refractivity (Wildman–Crippen MR) is 141 cm³/mol. The fourth-order valence-corrected chi connectivity index (χ4v) is 4.80. The molecule has 5 rings (SSSR count). The van der Waals surface area contributed by atoms with Crippen LogP contribution in [-0.4, -0.2) is 43.0 Å². The molecule has 0 aliphatic heterocycles. The average Bonchev–Trinajstić information content (AvgIpc) is 3.71.